The number of hydrogen-bond donors (Lipinski definition) is 6. The molecule has 0 aromatic heterocycles. The summed E-state index contributed by atoms with van der Waals surface area (Å²) < 4.78 is 5.87. The molecule has 9 nitrogen and oxygen atoms in total. The number of ether oxygens (including phenoxy) is 1. The molecule has 2 atom stereocenters. The van der Waals surface area contributed by atoms with Gasteiger partial charge in [-0.25, -0.2) is 0 Å². The van der Waals surface area contributed by atoms with E-state index in [1.54, 1.807) is 0 Å². The van der Waals surface area contributed by atoms with Crippen LogP contribution >= 0.6 is 0 Å². The van der Waals surface area contributed by atoms with Crippen LogP contribution in [0.15, 0.2) is 24.3 Å². The third-order valence-electron chi connectivity index (χ3n) is 4.72. The average molecular weight is 404 g/mol. The molecule has 0 unspecified atom stereocenters. The normalized spacial score (nSPS) is 18.5. The van der Waals surface area contributed by atoms with E-state index in [9.17, 15) is 30.3 Å². The van der Waals surface area contributed by atoms with Crippen molar-refractivity contribution in [3.05, 3.63) is 35.4 Å². The quantitative estimate of drug-likeness (QED) is 0.311. The zero-order chi connectivity index (χ0) is 21.3. The SMILES string of the molecule is CN(C)CCCN[C@@H]1C(=O)c2c(O)cc(O)cc2O[C@@H]1c1cc(O)c(O)c(O)c1. The third-order valence-corrected chi connectivity index (χ3v) is 4.72. The molecule has 0 amide bonds. The number of aromatic hydroxyl groups is 5. The van der Waals surface area contributed by atoms with Crippen molar-refractivity contribution in [2.75, 3.05) is 27.2 Å². The lowest BCUT2D eigenvalue weighted by molar-refractivity contribution is 0.0726. The Balaban J connectivity index is 1.99. The molecule has 0 radical (unpaired) electrons. The summed E-state index contributed by atoms with van der Waals surface area (Å²) in [7, 11) is 3.86. The van der Waals surface area contributed by atoms with Gasteiger partial charge in [-0.2, -0.15) is 0 Å². The third kappa shape index (κ3) is 4.15. The Hall–Kier alpha value is -3.17. The molecule has 0 bridgehead atoms. The van der Waals surface area contributed by atoms with E-state index < -0.39 is 40.9 Å². The number of carbonyl (C=O) groups excluding carboxylic acids is 1. The lowest BCUT2D eigenvalue weighted by Crippen LogP contribution is -2.47. The lowest BCUT2D eigenvalue weighted by atomic mass is 9.90. The molecule has 2 aromatic carbocycles. The summed E-state index contributed by atoms with van der Waals surface area (Å²) in [5, 5.41) is 52.3. The number of phenols is 5. The smallest absolute Gasteiger partial charge is 0.200 e. The number of phenolic OH excluding ortho intramolecular Hbond substituents is 5. The zero-order valence-corrected chi connectivity index (χ0v) is 16.1. The van der Waals surface area contributed by atoms with Gasteiger partial charge in [-0.05, 0) is 45.7 Å². The summed E-state index contributed by atoms with van der Waals surface area (Å²) in [6, 6.07) is 3.72. The van der Waals surface area contributed by atoms with E-state index in [1.165, 1.54) is 18.2 Å². The molecule has 9 heteroatoms. The van der Waals surface area contributed by atoms with Crippen LogP contribution < -0.4 is 10.1 Å². The van der Waals surface area contributed by atoms with Crippen molar-refractivity contribution >= 4 is 5.78 Å². The predicted octanol–water partition coefficient (Wildman–Crippen LogP) is 1.44. The van der Waals surface area contributed by atoms with Gasteiger partial charge < -0.3 is 40.5 Å². The van der Waals surface area contributed by atoms with Gasteiger partial charge in [0.15, 0.2) is 23.0 Å². The van der Waals surface area contributed by atoms with Crippen molar-refractivity contribution in [1.29, 1.82) is 0 Å². The number of nitrogens with zero attached hydrogens (tertiary/aromatic N) is 1. The highest BCUT2D eigenvalue weighted by Crippen LogP contribution is 2.44. The number of hydrogen-bond acceptors (Lipinski definition) is 9. The van der Waals surface area contributed by atoms with Crippen molar-refractivity contribution in [2.24, 2.45) is 0 Å². The molecule has 1 aliphatic rings. The van der Waals surface area contributed by atoms with Crippen LogP contribution in [0.2, 0.25) is 0 Å². The minimum Gasteiger partial charge on any atom is -0.508 e. The Bertz CT molecular complexity index is 906. The fraction of sp³-hybridized carbons (Fsp3) is 0.350. The monoisotopic (exact) mass is 404 g/mol. The van der Waals surface area contributed by atoms with Crippen LogP contribution in [-0.4, -0.2) is 69.4 Å². The highest BCUT2D eigenvalue weighted by atomic mass is 16.5. The van der Waals surface area contributed by atoms with Crippen LogP contribution in [0.4, 0.5) is 0 Å². The Morgan fingerprint density at radius 2 is 1.66 bits per heavy atom. The number of nitrogens with one attached hydrogen (secondary N) is 1. The molecule has 156 valence electrons. The van der Waals surface area contributed by atoms with Crippen molar-refractivity contribution in [2.45, 2.75) is 18.6 Å². The number of rotatable bonds is 6. The summed E-state index contributed by atoms with van der Waals surface area (Å²) in [4.78, 5) is 15.1. The first-order valence-corrected chi connectivity index (χ1v) is 9.08. The van der Waals surface area contributed by atoms with Crippen molar-refractivity contribution < 1.29 is 35.1 Å². The van der Waals surface area contributed by atoms with Gasteiger partial charge in [-0.1, -0.05) is 0 Å². The molecule has 0 fully saturated rings. The first kappa shape index (κ1) is 20.6. The summed E-state index contributed by atoms with van der Waals surface area (Å²) in [6.07, 6.45) is -0.239. The molecule has 3 rings (SSSR count). The topological polar surface area (TPSA) is 143 Å². The minimum atomic E-state index is -0.979. The van der Waals surface area contributed by atoms with Gasteiger partial charge in [0.25, 0.3) is 0 Å². The van der Waals surface area contributed by atoms with Gasteiger partial charge in [0.05, 0.1) is 0 Å². The molecule has 0 saturated heterocycles. The van der Waals surface area contributed by atoms with Crippen LogP contribution in [0.25, 0.3) is 0 Å². The highest BCUT2D eigenvalue weighted by Gasteiger charge is 2.40. The van der Waals surface area contributed by atoms with Gasteiger partial charge in [0.2, 0.25) is 0 Å². The molecule has 1 aliphatic heterocycles. The van der Waals surface area contributed by atoms with E-state index in [2.05, 4.69) is 5.32 Å². The summed E-state index contributed by atoms with van der Waals surface area (Å²) in [5.74, 6) is -2.95. The van der Waals surface area contributed by atoms with E-state index in [4.69, 9.17) is 4.74 Å². The van der Waals surface area contributed by atoms with E-state index >= 15 is 0 Å². The second-order valence-corrected chi connectivity index (χ2v) is 7.24. The summed E-state index contributed by atoms with van der Waals surface area (Å²) in [5.41, 5.74) is 0.182. The number of ketones is 1. The molecule has 0 aliphatic carbocycles. The van der Waals surface area contributed by atoms with E-state index in [1.807, 2.05) is 19.0 Å². The first-order chi connectivity index (χ1) is 13.7. The Morgan fingerprint density at radius 3 is 2.28 bits per heavy atom. The Morgan fingerprint density at radius 1 is 1.00 bits per heavy atom. The number of fused-ring (bicyclic) bond motifs is 1. The first-order valence-electron chi connectivity index (χ1n) is 9.08. The summed E-state index contributed by atoms with van der Waals surface area (Å²) in [6.45, 7) is 1.26. The molecule has 0 spiro atoms. The van der Waals surface area contributed by atoms with E-state index in [-0.39, 0.29) is 22.6 Å². The van der Waals surface area contributed by atoms with Crippen molar-refractivity contribution in [1.82, 2.24) is 10.2 Å². The fourth-order valence-corrected chi connectivity index (χ4v) is 3.33. The predicted molar refractivity (Wildman–Crippen MR) is 104 cm³/mol. The lowest BCUT2D eigenvalue weighted by Gasteiger charge is -2.34. The second kappa shape index (κ2) is 8.06. The maximum atomic E-state index is 13.1. The van der Waals surface area contributed by atoms with Gasteiger partial charge in [0.1, 0.15) is 35.0 Å². The number of benzene rings is 2. The number of Topliss-reactive ketones (excluding diaryl/α,β-unsaturated/α-hetero) is 1. The molecule has 0 saturated carbocycles. The van der Waals surface area contributed by atoms with Crippen LogP contribution in [0.1, 0.15) is 28.4 Å². The largest absolute Gasteiger partial charge is 0.508 e. The summed E-state index contributed by atoms with van der Waals surface area (Å²) >= 11 is 0. The van der Waals surface area contributed by atoms with Gasteiger partial charge in [-0.3, -0.25) is 4.79 Å². The molecule has 29 heavy (non-hydrogen) atoms. The standard InChI is InChI=1S/C20H24N2O7/c1-22(2)5-3-4-21-17-19(28)16-12(24)8-11(23)9-15(16)29-20(17)10-6-13(25)18(27)14(26)7-10/h6-9,17,20-21,23-27H,3-5H2,1-2H3/t17-,20-/m1/s1. The van der Waals surface area contributed by atoms with Crippen LogP contribution in [-0.2, 0) is 0 Å². The maximum absolute atomic E-state index is 13.1. The molecular formula is C20H24N2O7. The van der Waals surface area contributed by atoms with Crippen LogP contribution in [0.5, 0.6) is 34.5 Å². The van der Waals surface area contributed by atoms with Crippen molar-refractivity contribution in [3.63, 3.8) is 0 Å². The minimum absolute atomic E-state index is 0.0177. The van der Waals surface area contributed by atoms with Crippen LogP contribution in [0, 0.1) is 0 Å². The Labute approximate surface area is 167 Å². The number of carbonyl (C=O) groups is 1. The molecular weight excluding hydrogens is 380 g/mol. The molecule has 6 N–H and O–H groups in total. The van der Waals surface area contributed by atoms with Gasteiger partial charge in [-0.15, -0.1) is 0 Å². The van der Waals surface area contributed by atoms with Crippen LogP contribution in [0.3, 0.4) is 0 Å². The zero-order valence-electron chi connectivity index (χ0n) is 16.1. The molecule has 2 aromatic rings. The van der Waals surface area contributed by atoms with Gasteiger partial charge >= 0.3 is 0 Å². The highest BCUT2D eigenvalue weighted by molar-refractivity contribution is 6.06. The maximum Gasteiger partial charge on any atom is 0.200 e. The molecule has 1 heterocycles. The fourth-order valence-electron chi connectivity index (χ4n) is 3.33. The van der Waals surface area contributed by atoms with E-state index in [0.717, 1.165) is 19.0 Å². The second-order valence-electron chi connectivity index (χ2n) is 7.24. The van der Waals surface area contributed by atoms with Crippen molar-refractivity contribution in [3.8, 4) is 34.5 Å². The Kier molecular flexibility index (Phi) is 5.71. The van der Waals surface area contributed by atoms with Gasteiger partial charge in [0, 0.05) is 17.7 Å². The average Bonchev–Trinajstić information content (AvgIpc) is 2.63. The van der Waals surface area contributed by atoms with E-state index in [0.29, 0.717) is 6.54 Å².